The molecule has 1 aliphatic rings. The highest BCUT2D eigenvalue weighted by Crippen LogP contribution is 2.39. The minimum atomic E-state index is -0.502. The van der Waals surface area contributed by atoms with Gasteiger partial charge in [-0.1, -0.05) is 61.9 Å². The molecule has 1 aromatic heterocycles. The molecule has 4 rings (SSSR count). The Balaban J connectivity index is 1.68. The molecule has 0 fully saturated rings. The van der Waals surface area contributed by atoms with E-state index in [9.17, 15) is 4.39 Å². The molecule has 0 radical (unpaired) electrons. The summed E-state index contributed by atoms with van der Waals surface area (Å²) in [6, 6.07) is 14.1. The monoisotopic (exact) mass is 396 g/mol. The maximum Gasteiger partial charge on any atom is 0.247 e. The molecule has 3 aromatic rings. The summed E-state index contributed by atoms with van der Waals surface area (Å²) in [6.07, 6.45) is 2.98. The van der Waals surface area contributed by atoms with Gasteiger partial charge in [-0.25, -0.2) is 4.39 Å². The molecule has 2 heterocycles. The van der Waals surface area contributed by atoms with Crippen LogP contribution >= 0.6 is 11.8 Å². The second-order valence-electron chi connectivity index (χ2n) is 6.54. The van der Waals surface area contributed by atoms with E-state index in [1.54, 1.807) is 23.9 Å². The van der Waals surface area contributed by atoms with Crippen LogP contribution in [-0.2, 0) is 0 Å². The van der Waals surface area contributed by atoms with Crippen LogP contribution in [0.1, 0.15) is 38.0 Å². The van der Waals surface area contributed by atoms with Crippen LogP contribution in [0.3, 0.4) is 0 Å². The van der Waals surface area contributed by atoms with Gasteiger partial charge in [-0.2, -0.15) is 4.98 Å². The fourth-order valence-electron chi connectivity index (χ4n) is 3.01. The van der Waals surface area contributed by atoms with Crippen LogP contribution in [0.2, 0.25) is 0 Å². The van der Waals surface area contributed by atoms with Crippen LogP contribution in [0.25, 0.3) is 11.3 Å². The first kappa shape index (κ1) is 18.7. The molecule has 0 spiro atoms. The first-order valence-electron chi connectivity index (χ1n) is 9.40. The second kappa shape index (κ2) is 8.56. The number of anilines is 1. The number of nitrogens with zero attached hydrogens (tertiary/aromatic N) is 3. The third-order valence-corrected chi connectivity index (χ3v) is 5.41. The van der Waals surface area contributed by atoms with E-state index in [1.165, 1.54) is 25.0 Å². The van der Waals surface area contributed by atoms with E-state index < -0.39 is 6.23 Å². The Morgan fingerprint density at radius 2 is 1.89 bits per heavy atom. The molecule has 0 amide bonds. The smallest absolute Gasteiger partial charge is 0.247 e. The average molecular weight is 396 g/mol. The van der Waals surface area contributed by atoms with Crippen molar-refractivity contribution in [2.75, 3.05) is 11.1 Å². The minimum Gasteiger partial charge on any atom is -0.448 e. The van der Waals surface area contributed by atoms with Crippen LogP contribution in [0.4, 0.5) is 10.1 Å². The second-order valence-corrected chi connectivity index (χ2v) is 7.61. The predicted octanol–water partition coefficient (Wildman–Crippen LogP) is 5.46. The number of hydrogen-bond donors (Lipinski definition) is 1. The van der Waals surface area contributed by atoms with Gasteiger partial charge < -0.3 is 10.1 Å². The molecule has 1 aliphatic heterocycles. The predicted molar refractivity (Wildman–Crippen MR) is 109 cm³/mol. The zero-order chi connectivity index (χ0) is 19.3. The van der Waals surface area contributed by atoms with Crippen LogP contribution < -0.4 is 10.1 Å². The molecule has 0 unspecified atom stereocenters. The van der Waals surface area contributed by atoms with Gasteiger partial charge in [-0.05, 0) is 24.6 Å². The summed E-state index contributed by atoms with van der Waals surface area (Å²) in [5, 5.41) is 12.7. The Morgan fingerprint density at radius 1 is 1.07 bits per heavy atom. The number of fused-ring (bicyclic) bond motifs is 3. The van der Waals surface area contributed by atoms with Crippen molar-refractivity contribution in [2.45, 2.75) is 37.6 Å². The number of unbranched alkanes of at least 4 members (excludes halogenated alkanes) is 2. The third-order valence-electron chi connectivity index (χ3n) is 4.49. The van der Waals surface area contributed by atoms with E-state index in [4.69, 9.17) is 4.74 Å². The number of halogens is 1. The molecule has 0 saturated heterocycles. The van der Waals surface area contributed by atoms with Crippen molar-refractivity contribution in [1.82, 2.24) is 15.2 Å². The average Bonchev–Trinajstić information content (AvgIpc) is 2.88. The van der Waals surface area contributed by atoms with Gasteiger partial charge in [0.05, 0.1) is 0 Å². The molecule has 2 aromatic carbocycles. The fraction of sp³-hybridized carbons (Fsp3) is 0.286. The van der Waals surface area contributed by atoms with Gasteiger partial charge in [0.15, 0.2) is 11.9 Å². The lowest BCUT2D eigenvalue weighted by Gasteiger charge is -2.19. The summed E-state index contributed by atoms with van der Waals surface area (Å²) in [6.45, 7) is 2.18. The van der Waals surface area contributed by atoms with E-state index in [2.05, 4.69) is 27.4 Å². The van der Waals surface area contributed by atoms with E-state index in [1.807, 2.05) is 24.3 Å². The Kier molecular flexibility index (Phi) is 5.71. The SMILES string of the molecule is CCCCCSc1nnc2c(n1)O[C@@H](c1ccc(F)cc1)Nc1ccccc1-2. The van der Waals surface area contributed by atoms with Gasteiger partial charge in [0, 0.05) is 22.6 Å². The normalized spacial score (nSPS) is 15.0. The first-order valence-corrected chi connectivity index (χ1v) is 10.4. The highest BCUT2D eigenvalue weighted by Gasteiger charge is 2.25. The van der Waals surface area contributed by atoms with Crippen molar-refractivity contribution in [3.8, 4) is 17.1 Å². The minimum absolute atomic E-state index is 0.284. The van der Waals surface area contributed by atoms with Crippen LogP contribution in [0.5, 0.6) is 5.88 Å². The van der Waals surface area contributed by atoms with Gasteiger partial charge >= 0.3 is 0 Å². The van der Waals surface area contributed by atoms with Crippen LogP contribution in [-0.4, -0.2) is 20.9 Å². The molecular formula is C21H21FN4OS. The van der Waals surface area contributed by atoms with Crippen molar-refractivity contribution >= 4 is 17.4 Å². The Labute approximate surface area is 167 Å². The number of aromatic nitrogens is 3. The number of hydrogen-bond acceptors (Lipinski definition) is 6. The van der Waals surface area contributed by atoms with Gasteiger partial charge in [0.1, 0.15) is 5.82 Å². The van der Waals surface area contributed by atoms with Gasteiger partial charge in [0.2, 0.25) is 11.0 Å². The topological polar surface area (TPSA) is 59.9 Å². The molecule has 144 valence electrons. The van der Waals surface area contributed by atoms with Gasteiger partial charge in [-0.15, -0.1) is 10.2 Å². The van der Waals surface area contributed by atoms with Crippen LogP contribution in [0.15, 0.2) is 53.7 Å². The summed E-state index contributed by atoms with van der Waals surface area (Å²) in [7, 11) is 0. The lowest BCUT2D eigenvalue weighted by molar-refractivity contribution is 0.225. The molecule has 0 aliphatic carbocycles. The quantitative estimate of drug-likeness (QED) is 0.441. The fourth-order valence-corrected chi connectivity index (χ4v) is 3.79. The van der Waals surface area contributed by atoms with Crippen molar-refractivity contribution in [2.24, 2.45) is 0 Å². The molecule has 0 saturated carbocycles. The Bertz CT molecular complexity index is 951. The number of benzene rings is 2. The van der Waals surface area contributed by atoms with Crippen molar-refractivity contribution < 1.29 is 9.13 Å². The lowest BCUT2D eigenvalue weighted by atomic mass is 10.1. The maximum absolute atomic E-state index is 13.3. The zero-order valence-electron chi connectivity index (χ0n) is 15.6. The molecule has 0 bridgehead atoms. The zero-order valence-corrected chi connectivity index (χ0v) is 16.4. The van der Waals surface area contributed by atoms with Gasteiger partial charge in [-0.3, -0.25) is 0 Å². The number of rotatable bonds is 6. The van der Waals surface area contributed by atoms with Crippen molar-refractivity contribution in [3.05, 3.63) is 59.9 Å². The standard InChI is InChI=1S/C21H21FN4OS/c1-2-3-6-13-28-21-24-20-18(25-26-21)16-7-4-5-8-17(16)23-19(27-20)14-9-11-15(22)12-10-14/h4-5,7-12,19,23H,2-3,6,13H2,1H3/t19-/m0/s1. The lowest BCUT2D eigenvalue weighted by Crippen LogP contribution is -2.17. The summed E-state index contributed by atoms with van der Waals surface area (Å²) in [5.41, 5.74) is 3.16. The molecule has 5 nitrogen and oxygen atoms in total. The van der Waals surface area contributed by atoms with Crippen LogP contribution in [0, 0.1) is 5.82 Å². The summed E-state index contributed by atoms with van der Waals surface area (Å²) < 4.78 is 19.5. The Hall–Kier alpha value is -2.67. The highest BCUT2D eigenvalue weighted by molar-refractivity contribution is 7.99. The van der Waals surface area contributed by atoms with E-state index in [0.717, 1.165) is 29.0 Å². The molecule has 1 atom stereocenters. The molecule has 28 heavy (non-hydrogen) atoms. The summed E-state index contributed by atoms with van der Waals surface area (Å²) in [5.74, 6) is 1.09. The largest absolute Gasteiger partial charge is 0.448 e. The number of para-hydroxylation sites is 1. The molecule has 7 heteroatoms. The summed E-state index contributed by atoms with van der Waals surface area (Å²) in [4.78, 5) is 4.62. The van der Waals surface area contributed by atoms with Crippen molar-refractivity contribution in [1.29, 1.82) is 0 Å². The van der Waals surface area contributed by atoms with Crippen molar-refractivity contribution in [3.63, 3.8) is 0 Å². The summed E-state index contributed by atoms with van der Waals surface area (Å²) >= 11 is 1.59. The van der Waals surface area contributed by atoms with E-state index in [-0.39, 0.29) is 5.82 Å². The van der Waals surface area contributed by atoms with Gasteiger partial charge in [0.25, 0.3) is 0 Å². The van der Waals surface area contributed by atoms with E-state index in [0.29, 0.717) is 16.7 Å². The van der Waals surface area contributed by atoms with E-state index >= 15 is 0 Å². The first-order chi connectivity index (χ1) is 13.7. The maximum atomic E-state index is 13.3. The number of thioether (sulfide) groups is 1. The number of ether oxygens (including phenoxy) is 1. The third kappa shape index (κ3) is 4.09. The number of nitrogens with one attached hydrogen (secondary N) is 1. The molecule has 1 N–H and O–H groups in total. The molecular weight excluding hydrogens is 375 g/mol. The Morgan fingerprint density at radius 3 is 2.71 bits per heavy atom. The highest BCUT2D eigenvalue weighted by atomic mass is 32.2.